The highest BCUT2D eigenvalue weighted by Gasteiger charge is 2.37. The van der Waals surface area contributed by atoms with Gasteiger partial charge in [-0.05, 0) is 31.5 Å². The first kappa shape index (κ1) is 13.1. The molecule has 5 nitrogen and oxygen atoms in total. The predicted molar refractivity (Wildman–Crippen MR) is 78.2 cm³/mol. The van der Waals surface area contributed by atoms with Crippen LogP contribution in [-0.2, 0) is 18.4 Å². The first-order valence-electron chi connectivity index (χ1n) is 6.92. The molecular formula is C15H20N4O. The van der Waals surface area contributed by atoms with Gasteiger partial charge in [0.05, 0.1) is 22.9 Å². The Morgan fingerprint density at radius 2 is 2.20 bits per heavy atom. The van der Waals surface area contributed by atoms with Gasteiger partial charge in [-0.2, -0.15) is 0 Å². The normalized spacial score (nSPS) is 19.2. The van der Waals surface area contributed by atoms with Crippen LogP contribution in [0.15, 0.2) is 24.5 Å². The average Bonchev–Trinajstić information content (AvgIpc) is 2.77. The standard InChI is InChI=1S/C15H20N4O/c1-15(2)14(20)16-6-7-19(15)9-11-4-5-13-12(8-11)17-10-18(13)3/h4-5,8,10H,6-7,9H2,1-3H3,(H,16,20). The average molecular weight is 272 g/mol. The fourth-order valence-corrected chi connectivity index (χ4v) is 2.72. The molecule has 0 spiro atoms. The molecule has 20 heavy (non-hydrogen) atoms. The fraction of sp³-hybridized carbons (Fsp3) is 0.467. The van der Waals surface area contributed by atoms with Crippen LogP contribution in [-0.4, -0.2) is 39.0 Å². The molecule has 0 unspecified atom stereocenters. The van der Waals surface area contributed by atoms with Crippen molar-refractivity contribution in [3.05, 3.63) is 30.1 Å². The molecule has 1 N–H and O–H groups in total. The first-order valence-corrected chi connectivity index (χ1v) is 6.92. The zero-order chi connectivity index (χ0) is 14.3. The van der Waals surface area contributed by atoms with Crippen LogP contribution in [0.4, 0.5) is 0 Å². The molecule has 5 heteroatoms. The summed E-state index contributed by atoms with van der Waals surface area (Å²) in [5.41, 5.74) is 2.87. The van der Waals surface area contributed by atoms with Gasteiger partial charge in [-0.15, -0.1) is 0 Å². The van der Waals surface area contributed by atoms with Crippen LogP contribution in [0.3, 0.4) is 0 Å². The maximum absolute atomic E-state index is 12.0. The van der Waals surface area contributed by atoms with Crippen molar-refractivity contribution < 1.29 is 4.79 Å². The molecule has 0 saturated carbocycles. The lowest BCUT2D eigenvalue weighted by Crippen LogP contribution is -2.61. The number of benzene rings is 1. The minimum Gasteiger partial charge on any atom is -0.353 e. The number of carbonyl (C=O) groups excluding carboxylic acids is 1. The van der Waals surface area contributed by atoms with E-state index in [1.165, 1.54) is 5.56 Å². The summed E-state index contributed by atoms with van der Waals surface area (Å²) in [6.07, 6.45) is 1.83. The number of aromatic nitrogens is 2. The number of hydrogen-bond acceptors (Lipinski definition) is 3. The van der Waals surface area contributed by atoms with E-state index in [-0.39, 0.29) is 5.91 Å². The largest absolute Gasteiger partial charge is 0.353 e. The van der Waals surface area contributed by atoms with Gasteiger partial charge in [0.15, 0.2) is 0 Å². The highest BCUT2D eigenvalue weighted by Crippen LogP contribution is 2.22. The van der Waals surface area contributed by atoms with E-state index in [1.54, 1.807) is 0 Å². The molecule has 1 saturated heterocycles. The molecule has 1 amide bonds. The van der Waals surface area contributed by atoms with Gasteiger partial charge in [0.25, 0.3) is 0 Å². The van der Waals surface area contributed by atoms with Crippen LogP contribution in [0.5, 0.6) is 0 Å². The summed E-state index contributed by atoms with van der Waals surface area (Å²) in [5.74, 6) is 0.0997. The minimum absolute atomic E-state index is 0.0997. The van der Waals surface area contributed by atoms with Crippen LogP contribution in [0.1, 0.15) is 19.4 Å². The summed E-state index contributed by atoms with van der Waals surface area (Å²) in [6, 6.07) is 6.32. The Labute approximate surface area is 118 Å². The highest BCUT2D eigenvalue weighted by atomic mass is 16.2. The van der Waals surface area contributed by atoms with Gasteiger partial charge in [0.1, 0.15) is 0 Å². The molecule has 1 aromatic carbocycles. The van der Waals surface area contributed by atoms with E-state index in [0.717, 1.165) is 24.1 Å². The number of amides is 1. The molecule has 1 aliphatic rings. The summed E-state index contributed by atoms with van der Waals surface area (Å²) in [7, 11) is 1.99. The van der Waals surface area contributed by atoms with E-state index in [9.17, 15) is 4.79 Å². The Hall–Kier alpha value is -1.88. The molecule has 0 radical (unpaired) electrons. The van der Waals surface area contributed by atoms with E-state index in [4.69, 9.17) is 0 Å². The van der Waals surface area contributed by atoms with E-state index in [1.807, 2.05) is 31.8 Å². The summed E-state index contributed by atoms with van der Waals surface area (Å²) in [5, 5.41) is 2.92. The van der Waals surface area contributed by atoms with Gasteiger partial charge in [-0.1, -0.05) is 6.07 Å². The predicted octanol–water partition coefficient (Wildman–Crippen LogP) is 1.28. The van der Waals surface area contributed by atoms with Crippen molar-refractivity contribution in [1.82, 2.24) is 19.8 Å². The summed E-state index contributed by atoms with van der Waals surface area (Å²) >= 11 is 0. The summed E-state index contributed by atoms with van der Waals surface area (Å²) in [4.78, 5) is 18.6. The van der Waals surface area contributed by atoms with Crippen LogP contribution >= 0.6 is 0 Å². The van der Waals surface area contributed by atoms with Crippen molar-refractivity contribution in [1.29, 1.82) is 0 Å². The second-order valence-corrected chi connectivity index (χ2v) is 5.92. The van der Waals surface area contributed by atoms with Gasteiger partial charge in [-0.25, -0.2) is 4.98 Å². The van der Waals surface area contributed by atoms with Crippen LogP contribution in [0.25, 0.3) is 11.0 Å². The summed E-state index contributed by atoms with van der Waals surface area (Å²) in [6.45, 7) is 6.31. The quantitative estimate of drug-likeness (QED) is 0.896. The third-order valence-electron chi connectivity index (χ3n) is 4.18. The number of carbonyl (C=O) groups is 1. The van der Waals surface area contributed by atoms with E-state index < -0.39 is 5.54 Å². The maximum atomic E-state index is 12.0. The molecule has 1 aromatic heterocycles. The van der Waals surface area contributed by atoms with Crippen LogP contribution in [0.2, 0.25) is 0 Å². The lowest BCUT2D eigenvalue weighted by Gasteiger charge is -2.41. The summed E-state index contributed by atoms with van der Waals surface area (Å²) < 4.78 is 2.01. The Morgan fingerprint density at radius 1 is 1.40 bits per heavy atom. The number of hydrogen-bond donors (Lipinski definition) is 1. The Balaban J connectivity index is 1.87. The molecule has 106 valence electrons. The van der Waals surface area contributed by atoms with Gasteiger partial charge >= 0.3 is 0 Å². The third kappa shape index (κ3) is 2.08. The molecule has 1 fully saturated rings. The van der Waals surface area contributed by atoms with Crippen molar-refractivity contribution in [3.63, 3.8) is 0 Å². The molecule has 1 aliphatic heterocycles. The van der Waals surface area contributed by atoms with Crippen molar-refractivity contribution in [3.8, 4) is 0 Å². The molecule has 0 bridgehead atoms. The second kappa shape index (κ2) is 4.59. The Kier molecular flexibility index (Phi) is 3.01. The highest BCUT2D eigenvalue weighted by molar-refractivity contribution is 5.86. The van der Waals surface area contributed by atoms with Gasteiger partial charge < -0.3 is 9.88 Å². The zero-order valence-electron chi connectivity index (χ0n) is 12.2. The van der Waals surface area contributed by atoms with Crippen LogP contribution < -0.4 is 5.32 Å². The smallest absolute Gasteiger partial charge is 0.240 e. The van der Waals surface area contributed by atoms with E-state index >= 15 is 0 Å². The number of nitrogens with one attached hydrogen (secondary N) is 1. The SMILES string of the molecule is Cn1cnc2cc(CN3CCNC(=O)C3(C)C)ccc21. The first-order chi connectivity index (χ1) is 9.48. The second-order valence-electron chi connectivity index (χ2n) is 5.92. The molecule has 0 atom stereocenters. The topological polar surface area (TPSA) is 50.2 Å². The third-order valence-corrected chi connectivity index (χ3v) is 4.18. The zero-order valence-corrected chi connectivity index (χ0v) is 12.2. The number of rotatable bonds is 2. The molecule has 3 rings (SSSR count). The number of piperazine rings is 1. The molecule has 2 heterocycles. The lowest BCUT2D eigenvalue weighted by molar-refractivity contribution is -0.135. The minimum atomic E-state index is -0.461. The number of fused-ring (bicyclic) bond motifs is 1. The Morgan fingerprint density at radius 3 is 3.00 bits per heavy atom. The van der Waals surface area contributed by atoms with Crippen molar-refractivity contribution in [2.24, 2.45) is 7.05 Å². The van der Waals surface area contributed by atoms with Gasteiger partial charge in [0.2, 0.25) is 5.91 Å². The fourth-order valence-electron chi connectivity index (χ4n) is 2.72. The van der Waals surface area contributed by atoms with Crippen molar-refractivity contribution in [2.75, 3.05) is 13.1 Å². The molecule has 0 aliphatic carbocycles. The van der Waals surface area contributed by atoms with Crippen molar-refractivity contribution in [2.45, 2.75) is 25.9 Å². The Bertz CT molecular complexity index is 659. The van der Waals surface area contributed by atoms with E-state index in [0.29, 0.717) is 6.54 Å². The lowest BCUT2D eigenvalue weighted by atomic mass is 9.98. The molecular weight excluding hydrogens is 252 g/mol. The van der Waals surface area contributed by atoms with Crippen molar-refractivity contribution >= 4 is 16.9 Å². The van der Waals surface area contributed by atoms with E-state index in [2.05, 4.69) is 33.4 Å². The molecule has 2 aromatic rings. The monoisotopic (exact) mass is 272 g/mol. The van der Waals surface area contributed by atoms with Gasteiger partial charge in [-0.3, -0.25) is 9.69 Å². The number of aryl methyl sites for hydroxylation is 1. The number of nitrogens with zero attached hydrogens (tertiary/aromatic N) is 3. The number of imidazole rings is 1. The van der Waals surface area contributed by atoms with Gasteiger partial charge in [0, 0.05) is 26.7 Å². The maximum Gasteiger partial charge on any atom is 0.240 e. The van der Waals surface area contributed by atoms with Crippen LogP contribution in [0, 0.1) is 0 Å².